The van der Waals surface area contributed by atoms with E-state index in [2.05, 4.69) is 23.9 Å². The third kappa shape index (κ3) is 5.00. The van der Waals surface area contributed by atoms with Gasteiger partial charge in [0.1, 0.15) is 0 Å². The maximum Gasteiger partial charge on any atom is 0.279 e. The van der Waals surface area contributed by atoms with Gasteiger partial charge in [-0.15, -0.1) is 0 Å². The van der Waals surface area contributed by atoms with Gasteiger partial charge in [-0.25, -0.2) is 0 Å². The second-order valence-corrected chi connectivity index (χ2v) is 6.63. The lowest BCUT2D eigenvalue weighted by Gasteiger charge is -2.37. The Hall–Kier alpha value is -0.210. The minimum absolute atomic E-state index is 0.322. The summed E-state index contributed by atoms with van der Waals surface area (Å²) in [6.07, 6.45) is 1.86. The molecule has 0 aromatic heterocycles. The molecule has 1 saturated heterocycles. The zero-order valence-electron chi connectivity index (χ0n) is 12.2. The quantitative estimate of drug-likeness (QED) is 0.626. The highest BCUT2D eigenvalue weighted by Crippen LogP contribution is 2.21. The van der Waals surface area contributed by atoms with Crippen LogP contribution in [0.25, 0.3) is 0 Å². The van der Waals surface area contributed by atoms with Crippen molar-refractivity contribution in [1.29, 1.82) is 0 Å². The van der Waals surface area contributed by atoms with Crippen LogP contribution in [0.15, 0.2) is 0 Å². The lowest BCUT2D eigenvalue weighted by molar-refractivity contribution is 0.194. The second kappa shape index (κ2) is 8.16. The van der Waals surface area contributed by atoms with Crippen LogP contribution >= 0.6 is 0 Å². The van der Waals surface area contributed by atoms with E-state index in [0.717, 1.165) is 19.4 Å². The number of ether oxygens (including phenoxy) is 1. The Labute approximate surface area is 117 Å². The number of hydrogen-bond donors (Lipinski definition) is 2. The van der Waals surface area contributed by atoms with E-state index in [0.29, 0.717) is 38.2 Å². The predicted octanol–water partition coefficient (Wildman–Crippen LogP) is 0.177. The lowest BCUT2D eigenvalue weighted by atomic mass is 9.91. The molecule has 6 nitrogen and oxygen atoms in total. The molecule has 2 unspecified atom stereocenters. The molecular weight excluding hydrogens is 266 g/mol. The van der Waals surface area contributed by atoms with Gasteiger partial charge in [0.25, 0.3) is 10.2 Å². The van der Waals surface area contributed by atoms with E-state index in [1.165, 1.54) is 0 Å². The molecule has 0 aliphatic carbocycles. The first-order valence-corrected chi connectivity index (χ1v) is 8.46. The molecular formula is C12H27N3O3S. The van der Waals surface area contributed by atoms with Crippen molar-refractivity contribution < 1.29 is 13.2 Å². The predicted molar refractivity (Wildman–Crippen MR) is 76.2 cm³/mol. The Morgan fingerprint density at radius 1 is 1.37 bits per heavy atom. The molecule has 1 heterocycles. The summed E-state index contributed by atoms with van der Waals surface area (Å²) in [4.78, 5) is 0. The summed E-state index contributed by atoms with van der Waals surface area (Å²) in [5.41, 5.74) is 0. The van der Waals surface area contributed by atoms with E-state index in [1.807, 2.05) is 0 Å². The Morgan fingerprint density at radius 3 is 2.68 bits per heavy atom. The second-order valence-electron chi connectivity index (χ2n) is 4.87. The van der Waals surface area contributed by atoms with Crippen molar-refractivity contribution in [2.45, 2.75) is 32.7 Å². The van der Waals surface area contributed by atoms with Gasteiger partial charge in [0.05, 0.1) is 6.61 Å². The van der Waals surface area contributed by atoms with Crippen LogP contribution in [-0.2, 0) is 14.9 Å². The van der Waals surface area contributed by atoms with E-state index in [-0.39, 0.29) is 0 Å². The fourth-order valence-corrected chi connectivity index (χ4v) is 3.78. The van der Waals surface area contributed by atoms with Crippen LogP contribution in [0.3, 0.4) is 0 Å². The van der Waals surface area contributed by atoms with E-state index < -0.39 is 10.2 Å². The molecule has 2 atom stereocenters. The maximum atomic E-state index is 12.1. The summed E-state index contributed by atoms with van der Waals surface area (Å²) in [5, 5.41) is 3.45. The highest BCUT2D eigenvalue weighted by atomic mass is 32.2. The molecule has 114 valence electrons. The highest BCUT2D eigenvalue weighted by molar-refractivity contribution is 7.87. The molecule has 0 aromatic carbocycles. The van der Waals surface area contributed by atoms with Crippen molar-refractivity contribution in [3.63, 3.8) is 0 Å². The molecule has 0 radical (unpaired) electrons. The lowest BCUT2D eigenvalue weighted by Crippen LogP contribution is -2.53. The van der Waals surface area contributed by atoms with Crippen LogP contribution in [-0.4, -0.2) is 58.7 Å². The van der Waals surface area contributed by atoms with Crippen molar-refractivity contribution in [3.8, 4) is 0 Å². The largest absolute Gasteiger partial charge is 0.383 e. The zero-order valence-corrected chi connectivity index (χ0v) is 13.0. The van der Waals surface area contributed by atoms with Crippen LogP contribution in [0.1, 0.15) is 26.7 Å². The maximum absolute atomic E-state index is 12.1. The van der Waals surface area contributed by atoms with E-state index >= 15 is 0 Å². The van der Waals surface area contributed by atoms with Crippen LogP contribution in [0, 0.1) is 5.92 Å². The van der Waals surface area contributed by atoms with E-state index in [4.69, 9.17) is 4.74 Å². The number of hydrogen-bond acceptors (Lipinski definition) is 4. The zero-order chi connectivity index (χ0) is 14.3. The first-order valence-electron chi connectivity index (χ1n) is 7.02. The van der Waals surface area contributed by atoms with Crippen molar-refractivity contribution in [1.82, 2.24) is 14.3 Å². The van der Waals surface area contributed by atoms with Gasteiger partial charge in [-0.1, -0.05) is 20.3 Å². The third-order valence-electron chi connectivity index (χ3n) is 3.62. The number of nitrogens with zero attached hydrogens (tertiary/aromatic N) is 1. The molecule has 1 aliphatic rings. The van der Waals surface area contributed by atoms with Crippen molar-refractivity contribution in [3.05, 3.63) is 0 Å². The average molecular weight is 293 g/mol. The van der Waals surface area contributed by atoms with Crippen LogP contribution in [0.4, 0.5) is 0 Å². The SMILES string of the molecule is CCNC1CCN(S(=O)(=O)NCCOC)CC1CC. The van der Waals surface area contributed by atoms with E-state index in [1.54, 1.807) is 11.4 Å². The number of methoxy groups -OCH3 is 1. The van der Waals surface area contributed by atoms with Gasteiger partial charge in [-0.2, -0.15) is 17.4 Å². The normalized spacial score (nSPS) is 25.6. The van der Waals surface area contributed by atoms with Gasteiger partial charge < -0.3 is 10.1 Å². The smallest absolute Gasteiger partial charge is 0.279 e. The summed E-state index contributed by atoms with van der Waals surface area (Å²) in [6, 6.07) is 0.431. The fraction of sp³-hybridized carbons (Fsp3) is 1.00. The molecule has 0 saturated carbocycles. The van der Waals surface area contributed by atoms with Crippen LogP contribution in [0.5, 0.6) is 0 Å². The Morgan fingerprint density at radius 2 is 2.11 bits per heavy atom. The van der Waals surface area contributed by atoms with Gasteiger partial charge in [0.2, 0.25) is 0 Å². The van der Waals surface area contributed by atoms with Crippen molar-refractivity contribution >= 4 is 10.2 Å². The molecule has 7 heteroatoms. The monoisotopic (exact) mass is 293 g/mol. The number of rotatable bonds is 8. The summed E-state index contributed by atoms with van der Waals surface area (Å²) >= 11 is 0. The number of nitrogens with one attached hydrogen (secondary N) is 2. The molecule has 1 aliphatic heterocycles. The first-order chi connectivity index (χ1) is 9.05. The van der Waals surface area contributed by atoms with Gasteiger partial charge in [0.15, 0.2) is 0 Å². The molecule has 1 rings (SSSR count). The summed E-state index contributed by atoms with van der Waals surface area (Å²) in [7, 11) is -1.80. The van der Waals surface area contributed by atoms with E-state index in [9.17, 15) is 8.42 Å². The minimum Gasteiger partial charge on any atom is -0.383 e. The number of piperidine rings is 1. The Kier molecular flexibility index (Phi) is 7.23. The highest BCUT2D eigenvalue weighted by Gasteiger charge is 2.33. The summed E-state index contributed by atoms with van der Waals surface area (Å²) in [5.74, 6) is 0.382. The van der Waals surface area contributed by atoms with Gasteiger partial charge in [-0.3, -0.25) is 0 Å². The summed E-state index contributed by atoms with van der Waals surface area (Å²) < 4.78 is 33.2. The summed E-state index contributed by atoms with van der Waals surface area (Å²) in [6.45, 7) is 7.02. The molecule has 2 N–H and O–H groups in total. The van der Waals surface area contributed by atoms with Gasteiger partial charge >= 0.3 is 0 Å². The van der Waals surface area contributed by atoms with Gasteiger partial charge in [0, 0.05) is 32.8 Å². The Balaban J connectivity index is 2.56. The molecule has 0 spiro atoms. The molecule has 0 bridgehead atoms. The van der Waals surface area contributed by atoms with Crippen molar-refractivity contribution in [2.24, 2.45) is 5.92 Å². The standard InChI is InChI=1S/C12H27N3O3S/c1-4-11-10-15(8-6-12(11)13-5-2)19(16,17)14-7-9-18-3/h11-14H,4-10H2,1-3H3. The fourth-order valence-electron chi connectivity index (χ4n) is 2.53. The van der Waals surface area contributed by atoms with Crippen LogP contribution < -0.4 is 10.0 Å². The van der Waals surface area contributed by atoms with Crippen LogP contribution in [0.2, 0.25) is 0 Å². The van der Waals surface area contributed by atoms with Gasteiger partial charge in [-0.05, 0) is 18.9 Å². The molecule has 0 amide bonds. The third-order valence-corrected chi connectivity index (χ3v) is 5.20. The topological polar surface area (TPSA) is 70.7 Å². The Bertz CT molecular complexity index is 348. The molecule has 1 fully saturated rings. The van der Waals surface area contributed by atoms with Crippen molar-refractivity contribution in [2.75, 3.05) is 39.9 Å². The average Bonchev–Trinajstić information content (AvgIpc) is 2.39. The molecule has 19 heavy (non-hydrogen) atoms. The molecule has 0 aromatic rings. The first kappa shape index (κ1) is 16.8. The minimum atomic E-state index is -3.36.